The summed E-state index contributed by atoms with van der Waals surface area (Å²) in [7, 11) is 0. The van der Waals surface area contributed by atoms with Crippen molar-refractivity contribution < 1.29 is 9.18 Å². The molecule has 0 aliphatic carbocycles. The maximum Gasteiger partial charge on any atom is 0.237 e. The van der Waals surface area contributed by atoms with Crippen molar-refractivity contribution in [2.45, 2.75) is 31.5 Å². The molecule has 8 heteroatoms. The van der Waals surface area contributed by atoms with E-state index < -0.39 is 0 Å². The van der Waals surface area contributed by atoms with Crippen LogP contribution in [0, 0.1) is 11.7 Å². The number of fused-ring (bicyclic) bond motifs is 3. The van der Waals surface area contributed by atoms with Crippen LogP contribution in [0.1, 0.15) is 25.3 Å². The van der Waals surface area contributed by atoms with Gasteiger partial charge in [-0.05, 0) is 48.6 Å². The molecule has 0 spiro atoms. The fourth-order valence-electron chi connectivity index (χ4n) is 4.29. The molecule has 4 aromatic rings. The minimum absolute atomic E-state index is 0.156. The molecule has 0 unspecified atom stereocenters. The Morgan fingerprint density at radius 1 is 1.13 bits per heavy atom. The number of imidazole rings is 1. The summed E-state index contributed by atoms with van der Waals surface area (Å²) in [6.07, 6.45) is 2.26. The number of piperidine rings is 1. The highest BCUT2D eigenvalue weighted by molar-refractivity contribution is 7.99. The van der Waals surface area contributed by atoms with Gasteiger partial charge in [-0.25, -0.2) is 4.39 Å². The number of thioether (sulfide) groups is 1. The third kappa shape index (κ3) is 3.92. The first-order valence-electron chi connectivity index (χ1n) is 10.6. The first-order chi connectivity index (χ1) is 15.1. The summed E-state index contributed by atoms with van der Waals surface area (Å²) in [5.74, 6) is 1.54. The molecular formula is C23H24FN5OS. The molecule has 1 aliphatic heterocycles. The number of para-hydroxylation sites is 2. The van der Waals surface area contributed by atoms with Gasteiger partial charge in [0.25, 0.3) is 0 Å². The molecule has 5 rings (SSSR count). The van der Waals surface area contributed by atoms with E-state index in [0.29, 0.717) is 29.1 Å². The van der Waals surface area contributed by atoms with Crippen molar-refractivity contribution in [3.8, 4) is 0 Å². The van der Waals surface area contributed by atoms with Crippen molar-refractivity contribution in [1.29, 1.82) is 0 Å². The number of aromatic nitrogens is 4. The normalized spacial score (nSPS) is 17.0. The van der Waals surface area contributed by atoms with Crippen LogP contribution in [0.2, 0.25) is 0 Å². The summed E-state index contributed by atoms with van der Waals surface area (Å²) in [5.41, 5.74) is 3.00. The molecule has 2 aromatic heterocycles. The molecule has 1 saturated heterocycles. The Hall–Kier alpha value is -2.87. The van der Waals surface area contributed by atoms with E-state index >= 15 is 0 Å². The van der Waals surface area contributed by atoms with Crippen LogP contribution in [0.25, 0.3) is 16.8 Å². The Morgan fingerprint density at radius 3 is 2.68 bits per heavy atom. The second-order valence-electron chi connectivity index (χ2n) is 8.20. The zero-order chi connectivity index (χ0) is 21.4. The minimum Gasteiger partial charge on any atom is -0.342 e. The number of amides is 1. The van der Waals surface area contributed by atoms with Crippen LogP contribution in [-0.4, -0.2) is 48.8 Å². The third-order valence-electron chi connectivity index (χ3n) is 5.86. The fraction of sp³-hybridized carbons (Fsp3) is 0.348. The molecule has 2 aromatic carbocycles. The molecule has 1 fully saturated rings. The Labute approximate surface area is 184 Å². The zero-order valence-corrected chi connectivity index (χ0v) is 18.2. The summed E-state index contributed by atoms with van der Waals surface area (Å²) >= 11 is 1.43. The first kappa shape index (κ1) is 20.1. The van der Waals surface area contributed by atoms with Crippen LogP contribution in [-0.2, 0) is 11.3 Å². The van der Waals surface area contributed by atoms with Gasteiger partial charge in [-0.15, -0.1) is 10.2 Å². The Balaban J connectivity index is 1.44. The van der Waals surface area contributed by atoms with Crippen LogP contribution < -0.4 is 0 Å². The summed E-state index contributed by atoms with van der Waals surface area (Å²) in [5, 5.41) is 9.52. The van der Waals surface area contributed by atoms with Gasteiger partial charge >= 0.3 is 0 Å². The molecule has 1 aliphatic rings. The molecule has 160 valence electrons. The van der Waals surface area contributed by atoms with Crippen molar-refractivity contribution in [2.75, 3.05) is 18.8 Å². The number of hydrogen-bond acceptors (Lipinski definition) is 4. The van der Waals surface area contributed by atoms with Crippen molar-refractivity contribution >= 4 is 34.5 Å². The highest BCUT2D eigenvalue weighted by atomic mass is 32.2. The van der Waals surface area contributed by atoms with Gasteiger partial charge in [0.2, 0.25) is 11.7 Å². The van der Waals surface area contributed by atoms with Crippen molar-refractivity contribution in [2.24, 2.45) is 5.92 Å². The number of rotatable bonds is 5. The van der Waals surface area contributed by atoms with E-state index in [0.717, 1.165) is 36.1 Å². The van der Waals surface area contributed by atoms with Gasteiger partial charge in [0.1, 0.15) is 5.82 Å². The summed E-state index contributed by atoms with van der Waals surface area (Å²) < 4.78 is 17.4. The van der Waals surface area contributed by atoms with Gasteiger partial charge in [0.05, 0.1) is 23.3 Å². The molecule has 0 radical (unpaired) electrons. The zero-order valence-electron chi connectivity index (χ0n) is 17.4. The Morgan fingerprint density at radius 2 is 1.90 bits per heavy atom. The summed E-state index contributed by atoms with van der Waals surface area (Å²) in [6, 6.07) is 14.6. The second kappa shape index (κ2) is 8.34. The maximum absolute atomic E-state index is 13.3. The van der Waals surface area contributed by atoms with E-state index in [1.165, 1.54) is 30.3 Å². The van der Waals surface area contributed by atoms with Crippen LogP contribution >= 0.6 is 11.8 Å². The molecule has 31 heavy (non-hydrogen) atoms. The van der Waals surface area contributed by atoms with E-state index in [-0.39, 0.29) is 11.7 Å². The average molecular weight is 438 g/mol. The number of benzene rings is 2. The summed E-state index contributed by atoms with van der Waals surface area (Å²) in [6.45, 7) is 4.44. The molecule has 1 atom stereocenters. The molecule has 0 bridgehead atoms. The number of nitrogens with zero attached hydrogens (tertiary/aromatic N) is 5. The number of halogens is 1. The lowest BCUT2D eigenvalue weighted by Gasteiger charge is -2.30. The predicted molar refractivity (Wildman–Crippen MR) is 120 cm³/mol. The van der Waals surface area contributed by atoms with E-state index in [4.69, 9.17) is 0 Å². The molecule has 1 amide bonds. The van der Waals surface area contributed by atoms with Crippen LogP contribution in [0.4, 0.5) is 4.39 Å². The van der Waals surface area contributed by atoms with Crippen molar-refractivity contribution in [3.05, 3.63) is 59.9 Å². The average Bonchev–Trinajstić information content (AvgIpc) is 3.33. The fourth-order valence-corrected chi connectivity index (χ4v) is 5.14. The second-order valence-corrected chi connectivity index (χ2v) is 9.14. The monoisotopic (exact) mass is 437 g/mol. The van der Waals surface area contributed by atoms with Gasteiger partial charge in [-0.3, -0.25) is 9.20 Å². The predicted octanol–water partition coefficient (Wildman–Crippen LogP) is 4.22. The summed E-state index contributed by atoms with van der Waals surface area (Å²) in [4.78, 5) is 14.7. The Kier molecular flexibility index (Phi) is 5.40. The van der Waals surface area contributed by atoms with Crippen LogP contribution in [0.15, 0.2) is 53.7 Å². The molecular weight excluding hydrogens is 413 g/mol. The molecule has 6 nitrogen and oxygen atoms in total. The SMILES string of the molecule is C[C@@H]1CCCN(C(=O)CSc2nnc3n(Cc4ccc(F)cc4)c4ccccc4n23)C1. The first-order valence-corrected chi connectivity index (χ1v) is 11.6. The highest BCUT2D eigenvalue weighted by Crippen LogP contribution is 2.27. The maximum atomic E-state index is 13.3. The molecule has 0 saturated carbocycles. The number of carbonyl (C=O) groups excluding carboxylic acids is 1. The lowest BCUT2D eigenvalue weighted by Crippen LogP contribution is -2.40. The quantitative estimate of drug-likeness (QED) is 0.439. The number of likely N-dealkylation sites (tertiary alicyclic amines) is 1. The van der Waals surface area contributed by atoms with Crippen molar-refractivity contribution in [3.63, 3.8) is 0 Å². The highest BCUT2D eigenvalue weighted by Gasteiger charge is 2.23. The van der Waals surface area contributed by atoms with E-state index in [2.05, 4.69) is 21.7 Å². The van der Waals surface area contributed by atoms with Gasteiger partial charge in [-0.2, -0.15) is 0 Å². The lowest BCUT2D eigenvalue weighted by molar-refractivity contribution is -0.130. The van der Waals surface area contributed by atoms with Gasteiger partial charge < -0.3 is 9.47 Å². The van der Waals surface area contributed by atoms with Crippen molar-refractivity contribution in [1.82, 2.24) is 24.1 Å². The standard InChI is InChI=1S/C23H24FN5OS/c1-16-5-4-12-27(13-16)21(30)15-31-23-26-25-22-28(14-17-8-10-18(24)11-9-17)19-6-2-3-7-20(19)29(22)23/h2-3,6-11,16H,4-5,12-15H2,1H3/t16-/m1/s1. The van der Waals surface area contributed by atoms with Gasteiger partial charge in [0.15, 0.2) is 5.16 Å². The Bertz CT molecular complexity index is 1230. The van der Waals surface area contributed by atoms with E-state index in [1.54, 1.807) is 12.1 Å². The van der Waals surface area contributed by atoms with E-state index in [1.807, 2.05) is 33.6 Å². The smallest absolute Gasteiger partial charge is 0.237 e. The minimum atomic E-state index is -0.250. The molecule has 0 N–H and O–H groups in total. The number of carbonyl (C=O) groups is 1. The largest absolute Gasteiger partial charge is 0.342 e. The third-order valence-corrected chi connectivity index (χ3v) is 6.77. The number of hydrogen-bond donors (Lipinski definition) is 0. The van der Waals surface area contributed by atoms with Gasteiger partial charge in [0, 0.05) is 13.1 Å². The van der Waals surface area contributed by atoms with Crippen LogP contribution in [0.3, 0.4) is 0 Å². The van der Waals surface area contributed by atoms with Crippen LogP contribution in [0.5, 0.6) is 0 Å². The topological polar surface area (TPSA) is 55.4 Å². The van der Waals surface area contributed by atoms with E-state index in [9.17, 15) is 9.18 Å². The molecule has 3 heterocycles. The lowest BCUT2D eigenvalue weighted by atomic mass is 10.0. The van der Waals surface area contributed by atoms with Gasteiger partial charge in [-0.1, -0.05) is 43.0 Å².